The summed E-state index contributed by atoms with van der Waals surface area (Å²) in [6.07, 6.45) is 6.72. The van der Waals surface area contributed by atoms with Gasteiger partial charge in [0.15, 0.2) is 10.6 Å². The molecular weight excluding hydrogens is 320 g/mol. The Hall–Kier alpha value is -2.40. The Morgan fingerprint density at radius 2 is 2.29 bits per heavy atom. The van der Waals surface area contributed by atoms with Crippen LogP contribution in [0.3, 0.4) is 0 Å². The van der Waals surface area contributed by atoms with Gasteiger partial charge in [-0.05, 0) is 42.7 Å². The molecule has 0 aliphatic heterocycles. The lowest BCUT2D eigenvalue weighted by molar-refractivity contribution is 0.0971. The number of aromatic nitrogens is 1. The van der Waals surface area contributed by atoms with Crippen LogP contribution in [0.15, 0.2) is 58.7 Å². The van der Waals surface area contributed by atoms with Crippen LogP contribution in [0.2, 0.25) is 0 Å². The molecule has 0 radical (unpaired) electrons. The average molecular weight is 340 g/mol. The second-order valence-corrected chi connectivity index (χ2v) is 6.59. The largest absolute Gasteiger partial charge is 0.459 e. The Kier molecular flexibility index (Phi) is 5.11. The standard InChI is InChI=1S/C19H20N2O2S/c1-3-5-7-14-9-10-15-17(13-14)24-19(21(15)11-4-2)20-18(22)16-8-6-12-23-16/h4,6,8-10,12-13H,2-3,5,7,11H2,1H3. The highest BCUT2D eigenvalue weighted by Gasteiger charge is 2.10. The SMILES string of the molecule is C=CCn1c(=NC(=O)c2ccco2)sc2cc(CCCC)ccc21. The molecule has 0 unspecified atom stereocenters. The number of rotatable bonds is 6. The van der Waals surface area contributed by atoms with Crippen LogP contribution in [0.25, 0.3) is 10.2 Å². The fourth-order valence-electron chi connectivity index (χ4n) is 2.59. The summed E-state index contributed by atoms with van der Waals surface area (Å²) >= 11 is 1.52. The lowest BCUT2D eigenvalue weighted by atomic mass is 10.1. The van der Waals surface area contributed by atoms with Gasteiger partial charge in [0.1, 0.15) is 0 Å². The van der Waals surface area contributed by atoms with E-state index in [9.17, 15) is 4.79 Å². The van der Waals surface area contributed by atoms with Crippen molar-refractivity contribution in [2.24, 2.45) is 4.99 Å². The third kappa shape index (κ3) is 3.41. The molecular formula is C19H20N2O2S. The Morgan fingerprint density at radius 3 is 3.00 bits per heavy atom. The topological polar surface area (TPSA) is 47.5 Å². The van der Waals surface area contributed by atoms with Crippen molar-refractivity contribution in [3.63, 3.8) is 0 Å². The Balaban J connectivity index is 2.07. The second kappa shape index (κ2) is 7.45. The average Bonchev–Trinajstić information content (AvgIpc) is 3.22. The fourth-order valence-corrected chi connectivity index (χ4v) is 3.69. The molecule has 0 aliphatic carbocycles. The zero-order valence-electron chi connectivity index (χ0n) is 13.7. The van der Waals surface area contributed by atoms with Crippen LogP contribution in [0.4, 0.5) is 0 Å². The molecule has 0 aliphatic rings. The molecule has 4 nitrogen and oxygen atoms in total. The second-order valence-electron chi connectivity index (χ2n) is 5.58. The van der Waals surface area contributed by atoms with E-state index in [0.717, 1.165) is 16.6 Å². The van der Waals surface area contributed by atoms with E-state index in [1.54, 1.807) is 12.1 Å². The highest BCUT2D eigenvalue weighted by Crippen LogP contribution is 2.20. The summed E-state index contributed by atoms with van der Waals surface area (Å²) < 4.78 is 8.28. The summed E-state index contributed by atoms with van der Waals surface area (Å²) in [5.74, 6) is -0.114. The number of benzene rings is 1. The molecule has 3 rings (SSSR count). The van der Waals surface area contributed by atoms with Crippen LogP contribution in [0, 0.1) is 0 Å². The number of carbonyl (C=O) groups is 1. The minimum absolute atomic E-state index is 0.251. The van der Waals surface area contributed by atoms with Crippen molar-refractivity contribution in [1.29, 1.82) is 0 Å². The van der Waals surface area contributed by atoms with Gasteiger partial charge < -0.3 is 8.98 Å². The molecule has 1 amide bonds. The quantitative estimate of drug-likeness (QED) is 0.617. The van der Waals surface area contributed by atoms with E-state index in [-0.39, 0.29) is 11.7 Å². The van der Waals surface area contributed by atoms with Gasteiger partial charge in [-0.1, -0.05) is 36.8 Å². The number of carbonyl (C=O) groups excluding carboxylic acids is 1. The van der Waals surface area contributed by atoms with Crippen LogP contribution in [0.5, 0.6) is 0 Å². The van der Waals surface area contributed by atoms with E-state index in [4.69, 9.17) is 4.42 Å². The first kappa shape index (κ1) is 16.5. The normalized spacial score (nSPS) is 12.0. The number of aryl methyl sites for hydroxylation is 1. The molecule has 5 heteroatoms. The molecule has 0 spiro atoms. The number of amides is 1. The molecule has 0 saturated heterocycles. The van der Waals surface area contributed by atoms with E-state index in [1.165, 1.54) is 36.0 Å². The van der Waals surface area contributed by atoms with Gasteiger partial charge in [0.25, 0.3) is 0 Å². The first-order valence-corrected chi connectivity index (χ1v) is 8.90. The molecule has 124 valence electrons. The van der Waals surface area contributed by atoms with E-state index >= 15 is 0 Å². The summed E-state index contributed by atoms with van der Waals surface area (Å²) in [6.45, 7) is 6.61. The van der Waals surface area contributed by atoms with Gasteiger partial charge in [-0.15, -0.1) is 6.58 Å². The third-order valence-electron chi connectivity index (χ3n) is 3.81. The Bertz CT molecular complexity index is 917. The van der Waals surface area contributed by atoms with Crippen LogP contribution >= 0.6 is 11.3 Å². The van der Waals surface area contributed by atoms with Gasteiger partial charge in [-0.2, -0.15) is 4.99 Å². The molecule has 0 atom stereocenters. The lowest BCUT2D eigenvalue weighted by Gasteiger charge is -2.03. The molecule has 1 aromatic carbocycles. The Labute approximate surface area is 144 Å². The molecule has 0 bridgehead atoms. The van der Waals surface area contributed by atoms with Crippen LogP contribution in [-0.4, -0.2) is 10.5 Å². The highest BCUT2D eigenvalue weighted by molar-refractivity contribution is 7.16. The number of unbranched alkanes of at least 4 members (excludes halogenated alkanes) is 1. The number of allylic oxidation sites excluding steroid dienone is 1. The molecule has 0 fully saturated rings. The van der Waals surface area contributed by atoms with Crippen molar-refractivity contribution in [3.05, 3.63) is 65.4 Å². The first-order chi connectivity index (χ1) is 11.7. The van der Waals surface area contributed by atoms with E-state index < -0.39 is 0 Å². The lowest BCUT2D eigenvalue weighted by Crippen LogP contribution is -2.16. The monoisotopic (exact) mass is 340 g/mol. The minimum atomic E-state index is -0.365. The molecule has 24 heavy (non-hydrogen) atoms. The van der Waals surface area contributed by atoms with Crippen LogP contribution in [-0.2, 0) is 13.0 Å². The molecule has 2 aromatic heterocycles. The maximum Gasteiger partial charge on any atom is 0.315 e. The van der Waals surface area contributed by atoms with Gasteiger partial charge in [0.2, 0.25) is 0 Å². The van der Waals surface area contributed by atoms with Gasteiger partial charge in [-0.3, -0.25) is 4.79 Å². The summed E-state index contributed by atoms with van der Waals surface area (Å²) in [4.78, 5) is 17.1. The summed E-state index contributed by atoms with van der Waals surface area (Å²) in [7, 11) is 0. The Morgan fingerprint density at radius 1 is 1.42 bits per heavy atom. The van der Waals surface area contributed by atoms with Crippen molar-refractivity contribution in [2.75, 3.05) is 0 Å². The van der Waals surface area contributed by atoms with Crippen molar-refractivity contribution in [1.82, 2.24) is 4.57 Å². The zero-order chi connectivity index (χ0) is 16.9. The van der Waals surface area contributed by atoms with E-state index in [2.05, 4.69) is 36.7 Å². The number of furan rings is 1. The smallest absolute Gasteiger partial charge is 0.315 e. The molecule has 0 saturated carbocycles. The van der Waals surface area contributed by atoms with Gasteiger partial charge in [0, 0.05) is 6.54 Å². The number of hydrogen-bond acceptors (Lipinski definition) is 3. The van der Waals surface area contributed by atoms with Crippen LogP contribution < -0.4 is 4.80 Å². The predicted molar refractivity (Wildman–Crippen MR) is 97.2 cm³/mol. The zero-order valence-corrected chi connectivity index (χ0v) is 14.5. The maximum atomic E-state index is 12.2. The first-order valence-electron chi connectivity index (χ1n) is 8.08. The molecule has 0 N–H and O–H groups in total. The number of fused-ring (bicyclic) bond motifs is 1. The summed E-state index contributed by atoms with van der Waals surface area (Å²) in [5, 5.41) is 0. The fraction of sp³-hybridized carbons (Fsp3) is 0.263. The number of hydrogen-bond donors (Lipinski definition) is 0. The van der Waals surface area contributed by atoms with Gasteiger partial charge >= 0.3 is 5.91 Å². The number of nitrogens with zero attached hydrogens (tertiary/aromatic N) is 2. The molecule has 3 aromatic rings. The van der Waals surface area contributed by atoms with E-state index in [1.807, 2.05) is 10.6 Å². The summed E-state index contributed by atoms with van der Waals surface area (Å²) in [6, 6.07) is 9.77. The maximum absolute atomic E-state index is 12.2. The van der Waals surface area contributed by atoms with Crippen molar-refractivity contribution < 1.29 is 9.21 Å². The highest BCUT2D eigenvalue weighted by atomic mass is 32.1. The van der Waals surface area contributed by atoms with Crippen molar-refractivity contribution in [2.45, 2.75) is 32.7 Å². The third-order valence-corrected chi connectivity index (χ3v) is 4.85. The molecule has 2 heterocycles. The summed E-state index contributed by atoms with van der Waals surface area (Å²) in [5.41, 5.74) is 2.39. The number of thiazole rings is 1. The van der Waals surface area contributed by atoms with Crippen molar-refractivity contribution >= 4 is 27.5 Å². The van der Waals surface area contributed by atoms with E-state index in [0.29, 0.717) is 11.3 Å². The van der Waals surface area contributed by atoms with Gasteiger partial charge in [0.05, 0.1) is 16.5 Å². The van der Waals surface area contributed by atoms with Crippen LogP contribution in [0.1, 0.15) is 35.9 Å². The minimum Gasteiger partial charge on any atom is -0.459 e. The predicted octanol–water partition coefficient (Wildman–Crippen LogP) is 4.57. The van der Waals surface area contributed by atoms with Crippen molar-refractivity contribution in [3.8, 4) is 0 Å². The van der Waals surface area contributed by atoms with Gasteiger partial charge in [-0.25, -0.2) is 0 Å².